The van der Waals surface area contributed by atoms with Gasteiger partial charge < -0.3 is 47.7 Å². The van der Waals surface area contributed by atoms with E-state index in [0.29, 0.717) is 139 Å². The molecule has 516 valence electrons. The number of piperazine rings is 3. The van der Waals surface area contributed by atoms with E-state index in [9.17, 15) is 53.3 Å². The third-order valence-electron chi connectivity index (χ3n) is 18.8. The molecule has 3 fully saturated rings. The highest BCUT2D eigenvalue weighted by atomic mass is 35.5. The van der Waals surface area contributed by atoms with Gasteiger partial charge in [-0.1, -0.05) is 115 Å². The number of thiophene rings is 2. The summed E-state index contributed by atoms with van der Waals surface area (Å²) in [6.45, 7) is 6.85. The van der Waals surface area contributed by atoms with Crippen LogP contribution < -0.4 is 31.4 Å². The molecular weight excluding hydrogens is 1360 g/mol. The molecule has 6 aromatic carbocycles. The van der Waals surface area contributed by atoms with Crippen LogP contribution in [0, 0.1) is 45.6 Å². The number of fused-ring (bicyclic) bond motifs is 3. The Labute approximate surface area is 603 Å². The molecule has 103 heavy (non-hydrogen) atoms. The largest absolute Gasteiger partial charge is 0.366 e. The molecule has 3 saturated heterocycles. The van der Waals surface area contributed by atoms with Crippen molar-refractivity contribution in [2.75, 3.05) is 93.2 Å². The molecule has 3 aliphatic heterocycles. The summed E-state index contributed by atoms with van der Waals surface area (Å²) in [5.41, 5.74) is 6.05. The lowest BCUT2D eigenvalue weighted by molar-refractivity contribution is 0.0733. The molecule has 0 unspecified atom stereocenters. The van der Waals surface area contributed by atoms with E-state index in [1.54, 1.807) is 55.0 Å². The highest BCUT2D eigenvalue weighted by Gasteiger charge is 2.32. The standard InChI is InChI=1S/C27H24FN5O2.C26H21ClN4O2S.C26H21FN4O2S/c1-30-12-4-7-24(30)27(35)32-15-13-31(14-16-32)25-21-5-2-3-6-23(21)33(26(34)22(25)17-29)18-19-8-10-20(28)11-9-19;27-19-8-9-22-20(15-19)24(21(16-28)25(32)31(22)17-18-5-2-1-3-6-18)29-10-12-30(13-11-29)26(33)23-7-4-14-34-23;27-19-6-3-5-18(15-19)17-31-22-8-2-1-7-20(22)24(21(16-28)25(31)32)29-10-12-30(13-11-29)26(33)23-9-4-14-34-23/h2-12H,13-16,18H2,1H3;2*1-9,14-15H,10-13,17H2. The topological polar surface area (TPSA) is 213 Å². The van der Waals surface area contributed by atoms with Gasteiger partial charge in [-0.25, -0.2) is 8.78 Å². The molecule has 0 spiro atoms. The summed E-state index contributed by atoms with van der Waals surface area (Å²) in [7, 11) is 1.84. The fourth-order valence-electron chi connectivity index (χ4n) is 13.7. The van der Waals surface area contributed by atoms with Crippen molar-refractivity contribution in [2.24, 2.45) is 7.05 Å². The molecular formula is C79H66ClF2N13O6S2. The zero-order valence-electron chi connectivity index (χ0n) is 55.9. The zero-order chi connectivity index (χ0) is 71.8. The van der Waals surface area contributed by atoms with Crippen LogP contribution in [0.5, 0.6) is 0 Å². The predicted octanol–water partition coefficient (Wildman–Crippen LogP) is 12.0. The summed E-state index contributed by atoms with van der Waals surface area (Å²) in [6, 6.07) is 59.6. The van der Waals surface area contributed by atoms with Gasteiger partial charge >= 0.3 is 0 Å². The second kappa shape index (κ2) is 30.9. The van der Waals surface area contributed by atoms with Gasteiger partial charge in [0, 0.05) is 113 Å². The Morgan fingerprint density at radius 1 is 0.417 bits per heavy atom. The van der Waals surface area contributed by atoms with Crippen molar-refractivity contribution in [1.82, 2.24) is 33.0 Å². The number of benzene rings is 6. The summed E-state index contributed by atoms with van der Waals surface area (Å²) in [5.74, 6) is -0.727. The minimum atomic E-state index is -0.405. The maximum atomic E-state index is 13.7. The molecule has 0 N–H and O–H groups in total. The maximum absolute atomic E-state index is 13.7. The number of pyridine rings is 3. The second-order valence-corrected chi connectivity index (χ2v) is 27.2. The second-order valence-electron chi connectivity index (χ2n) is 24.9. The summed E-state index contributed by atoms with van der Waals surface area (Å²) in [4.78, 5) is 91.8. The Bertz CT molecular complexity index is 5500. The first-order valence-electron chi connectivity index (χ1n) is 33.3. The van der Waals surface area contributed by atoms with Crippen molar-refractivity contribution in [3.05, 3.63) is 295 Å². The fourth-order valence-corrected chi connectivity index (χ4v) is 15.2. The van der Waals surface area contributed by atoms with Crippen LogP contribution in [0.25, 0.3) is 32.7 Å². The zero-order valence-corrected chi connectivity index (χ0v) is 58.3. The molecule has 0 radical (unpaired) electrons. The van der Waals surface area contributed by atoms with Crippen LogP contribution in [0.4, 0.5) is 25.8 Å². The minimum absolute atomic E-state index is 0.00512. The Hall–Kier alpha value is -11.9. The number of nitriles is 3. The van der Waals surface area contributed by atoms with Crippen LogP contribution in [0.3, 0.4) is 0 Å². The van der Waals surface area contributed by atoms with Crippen molar-refractivity contribution < 1.29 is 23.2 Å². The fraction of sp³-hybridized carbons (Fsp3) is 0.203. The molecule has 15 rings (SSSR count). The Balaban J connectivity index is 0.000000138. The number of para-hydroxylation sites is 2. The van der Waals surface area contributed by atoms with Crippen LogP contribution >= 0.6 is 34.3 Å². The molecule has 12 aromatic rings. The average Bonchev–Trinajstić information content (AvgIpc) is 1.33. The van der Waals surface area contributed by atoms with E-state index in [1.165, 1.54) is 51.5 Å². The first-order valence-corrected chi connectivity index (χ1v) is 35.5. The van der Waals surface area contributed by atoms with Crippen LogP contribution in [0.15, 0.2) is 213 Å². The first-order chi connectivity index (χ1) is 50.1. The van der Waals surface area contributed by atoms with Crippen LogP contribution in [-0.4, -0.2) is 129 Å². The predicted molar refractivity (Wildman–Crippen MR) is 399 cm³/mol. The van der Waals surface area contributed by atoms with E-state index >= 15 is 0 Å². The third kappa shape index (κ3) is 14.6. The normalized spacial score (nSPS) is 13.8. The number of halogens is 3. The smallest absolute Gasteiger partial charge is 0.271 e. The highest BCUT2D eigenvalue weighted by Crippen LogP contribution is 2.35. The number of carbonyl (C=O) groups excluding carboxylic acids is 3. The summed E-state index contributed by atoms with van der Waals surface area (Å²) >= 11 is 9.21. The van der Waals surface area contributed by atoms with Crippen LogP contribution in [0.2, 0.25) is 5.02 Å². The van der Waals surface area contributed by atoms with Gasteiger partial charge in [-0.15, -0.1) is 22.7 Å². The molecule has 0 bridgehead atoms. The Morgan fingerprint density at radius 2 is 0.835 bits per heavy atom. The number of amides is 3. The molecule has 0 saturated carbocycles. The van der Waals surface area contributed by atoms with Crippen LogP contribution in [-0.2, 0) is 26.7 Å². The molecule has 19 nitrogen and oxygen atoms in total. The van der Waals surface area contributed by atoms with Gasteiger partial charge in [-0.2, -0.15) is 15.8 Å². The van der Waals surface area contributed by atoms with Crippen LogP contribution in [0.1, 0.15) is 63.2 Å². The van der Waals surface area contributed by atoms with Gasteiger partial charge in [0.2, 0.25) is 0 Å². The van der Waals surface area contributed by atoms with E-state index in [-0.39, 0.29) is 70.3 Å². The summed E-state index contributed by atoms with van der Waals surface area (Å²) in [5, 5.41) is 36.7. The molecule has 6 aromatic heterocycles. The van der Waals surface area contributed by atoms with Crippen molar-refractivity contribution in [1.29, 1.82) is 15.8 Å². The SMILES string of the molecule is Cn1cccc1C(=O)N1CCN(c2c(C#N)c(=O)n(Cc3ccc(F)cc3)c3ccccc23)CC1.N#Cc1c(N2CCN(C(=O)c3cccs3)CC2)c2cc(Cl)ccc2n(Cc2ccccc2)c1=O.N#Cc1c(N2CCN(C(=O)c3cccs3)CC2)c2ccccc2n(Cc2cccc(F)c2)c1=O. The summed E-state index contributed by atoms with van der Waals surface area (Å²) < 4.78 is 33.7. The minimum Gasteiger partial charge on any atom is -0.366 e. The lowest BCUT2D eigenvalue weighted by Crippen LogP contribution is -2.49. The molecule has 9 heterocycles. The number of aromatic nitrogens is 4. The number of aryl methyl sites for hydroxylation is 1. The van der Waals surface area contributed by atoms with Gasteiger partial charge in [-0.3, -0.25) is 28.8 Å². The lowest BCUT2D eigenvalue weighted by Gasteiger charge is -2.37. The van der Waals surface area contributed by atoms with Gasteiger partial charge in [-0.05, 0) is 106 Å². The third-order valence-corrected chi connectivity index (χ3v) is 20.7. The number of anilines is 3. The van der Waals surface area contributed by atoms with E-state index in [2.05, 4.69) is 18.2 Å². The first kappa shape index (κ1) is 69.5. The molecule has 3 amide bonds. The van der Waals surface area contributed by atoms with Gasteiger partial charge in [0.15, 0.2) is 0 Å². The molecule has 0 atom stereocenters. The molecule has 3 aliphatic rings. The monoisotopic (exact) mass is 1430 g/mol. The van der Waals surface area contributed by atoms with Gasteiger partial charge in [0.1, 0.15) is 52.2 Å². The quantitative estimate of drug-likeness (QED) is 0.112. The highest BCUT2D eigenvalue weighted by molar-refractivity contribution is 7.12. The van der Waals surface area contributed by atoms with E-state index in [4.69, 9.17) is 11.6 Å². The number of carbonyl (C=O) groups is 3. The van der Waals surface area contributed by atoms with Crippen molar-refractivity contribution in [3.63, 3.8) is 0 Å². The van der Waals surface area contributed by atoms with E-state index < -0.39 is 5.56 Å². The average molecular weight is 1430 g/mol. The number of hydrogen-bond acceptors (Lipinski definition) is 14. The van der Waals surface area contributed by atoms with Crippen molar-refractivity contribution in [2.45, 2.75) is 19.6 Å². The molecule has 0 aliphatic carbocycles. The van der Waals surface area contributed by atoms with E-state index in [1.807, 2.05) is 170 Å². The van der Waals surface area contributed by atoms with Gasteiger partial charge in [0.25, 0.3) is 34.4 Å². The summed E-state index contributed by atoms with van der Waals surface area (Å²) in [6.07, 6.45) is 1.84. The Morgan fingerprint density at radius 3 is 1.27 bits per heavy atom. The number of rotatable bonds is 12. The number of hydrogen-bond donors (Lipinski definition) is 0. The van der Waals surface area contributed by atoms with Crippen molar-refractivity contribution >= 4 is 102 Å². The number of nitrogens with zero attached hydrogens (tertiary/aromatic N) is 13. The molecule has 24 heteroatoms. The van der Waals surface area contributed by atoms with Gasteiger partial charge in [0.05, 0.1) is 63.0 Å². The van der Waals surface area contributed by atoms with E-state index in [0.717, 1.165) is 32.8 Å². The maximum Gasteiger partial charge on any atom is 0.271 e. The Kier molecular flexibility index (Phi) is 20.9. The lowest BCUT2D eigenvalue weighted by atomic mass is 10.1. The van der Waals surface area contributed by atoms with Crippen molar-refractivity contribution in [3.8, 4) is 18.2 Å².